The number of halogens is 1. The van der Waals surface area contributed by atoms with Gasteiger partial charge < -0.3 is 15.4 Å². The van der Waals surface area contributed by atoms with Crippen LogP contribution in [0, 0.1) is 0 Å². The second-order valence-electron chi connectivity index (χ2n) is 3.45. The van der Waals surface area contributed by atoms with Crippen LogP contribution in [0.3, 0.4) is 0 Å². The van der Waals surface area contributed by atoms with Crippen LogP contribution in [0.5, 0.6) is 0 Å². The molecule has 1 aliphatic rings. The quantitative estimate of drug-likeness (QED) is 0.754. The lowest BCUT2D eigenvalue weighted by Gasteiger charge is -2.28. The van der Waals surface area contributed by atoms with Crippen molar-refractivity contribution in [1.82, 2.24) is 9.97 Å². The van der Waals surface area contributed by atoms with E-state index < -0.39 is 6.04 Å². The van der Waals surface area contributed by atoms with E-state index in [4.69, 9.17) is 16.3 Å². The normalized spacial score (nSPS) is 20.7. The van der Waals surface area contributed by atoms with Crippen LogP contribution in [-0.4, -0.2) is 35.1 Å². The largest absolute Gasteiger partial charge is 0.379 e. The van der Waals surface area contributed by atoms with Gasteiger partial charge in [0, 0.05) is 7.11 Å². The molecule has 0 bridgehead atoms. The third kappa shape index (κ3) is 1.94. The van der Waals surface area contributed by atoms with E-state index in [9.17, 15) is 4.79 Å². The van der Waals surface area contributed by atoms with Gasteiger partial charge in [0.2, 0.25) is 11.2 Å². The van der Waals surface area contributed by atoms with E-state index in [0.29, 0.717) is 11.5 Å². The zero-order valence-corrected chi connectivity index (χ0v) is 9.58. The molecule has 0 spiro atoms. The molecule has 0 aromatic carbocycles. The number of hydrogen-bond acceptors (Lipinski definition) is 5. The summed E-state index contributed by atoms with van der Waals surface area (Å²) in [5.41, 5.74) is 0.522. The molecule has 2 rings (SSSR count). The Kier molecular flexibility index (Phi) is 2.93. The Morgan fingerprint density at radius 2 is 2.38 bits per heavy atom. The second-order valence-corrected chi connectivity index (χ2v) is 3.79. The Balaban J connectivity index is 2.29. The summed E-state index contributed by atoms with van der Waals surface area (Å²) in [5.74, 6) is 0.335. The molecule has 2 heterocycles. The molecule has 2 atom stereocenters. The first kappa shape index (κ1) is 11.1. The molecule has 0 radical (unpaired) electrons. The van der Waals surface area contributed by atoms with E-state index in [0.717, 1.165) is 0 Å². The lowest BCUT2D eigenvalue weighted by molar-refractivity contribution is -0.119. The van der Waals surface area contributed by atoms with Crippen LogP contribution in [0.4, 0.5) is 11.5 Å². The molecule has 6 nitrogen and oxygen atoms in total. The maximum Gasteiger partial charge on any atom is 0.249 e. The number of ether oxygens (including phenoxy) is 1. The van der Waals surface area contributed by atoms with Gasteiger partial charge in [-0.05, 0) is 18.5 Å². The Bertz CT molecular complexity index is 426. The van der Waals surface area contributed by atoms with Crippen molar-refractivity contribution >= 4 is 29.0 Å². The van der Waals surface area contributed by atoms with Crippen molar-refractivity contribution in [3.63, 3.8) is 0 Å². The van der Waals surface area contributed by atoms with Gasteiger partial charge in [0.05, 0.1) is 12.3 Å². The Morgan fingerprint density at radius 1 is 1.62 bits per heavy atom. The predicted octanol–water partition coefficient (Wildman–Crippen LogP) is 0.897. The van der Waals surface area contributed by atoms with Crippen molar-refractivity contribution in [2.75, 3.05) is 17.7 Å². The molecule has 0 aliphatic carbocycles. The minimum Gasteiger partial charge on any atom is -0.379 e. The lowest BCUT2D eigenvalue weighted by Crippen LogP contribution is -2.46. The zero-order valence-electron chi connectivity index (χ0n) is 8.82. The van der Waals surface area contributed by atoms with Gasteiger partial charge in [-0.3, -0.25) is 4.79 Å². The highest BCUT2D eigenvalue weighted by atomic mass is 35.5. The van der Waals surface area contributed by atoms with E-state index in [1.807, 2.05) is 0 Å². The first-order valence-electron chi connectivity index (χ1n) is 4.74. The first-order valence-corrected chi connectivity index (χ1v) is 5.12. The SMILES string of the molecule is CO[C@H](C)[C@@H]1Nc2nc(Cl)ncc2NC1=O. The van der Waals surface area contributed by atoms with E-state index >= 15 is 0 Å². The number of carbonyl (C=O) groups excluding carboxylic acids is 1. The van der Waals surface area contributed by atoms with Crippen LogP contribution in [0.1, 0.15) is 6.92 Å². The average molecular weight is 243 g/mol. The fourth-order valence-electron chi connectivity index (χ4n) is 1.45. The second kappa shape index (κ2) is 4.23. The molecular weight excluding hydrogens is 232 g/mol. The smallest absolute Gasteiger partial charge is 0.249 e. The molecule has 0 saturated carbocycles. The Morgan fingerprint density at radius 3 is 3.06 bits per heavy atom. The summed E-state index contributed by atoms with van der Waals surface area (Å²) in [6, 6.07) is -0.483. The van der Waals surface area contributed by atoms with Gasteiger partial charge in [-0.15, -0.1) is 0 Å². The van der Waals surface area contributed by atoms with E-state index in [-0.39, 0.29) is 17.3 Å². The number of methoxy groups -OCH3 is 1. The fourth-order valence-corrected chi connectivity index (χ4v) is 1.59. The van der Waals surface area contributed by atoms with Crippen LogP contribution in [0.15, 0.2) is 6.20 Å². The van der Waals surface area contributed by atoms with Gasteiger partial charge >= 0.3 is 0 Å². The Hall–Kier alpha value is -1.40. The lowest BCUT2D eigenvalue weighted by atomic mass is 10.1. The van der Waals surface area contributed by atoms with E-state index in [1.165, 1.54) is 6.20 Å². The van der Waals surface area contributed by atoms with Crippen LogP contribution >= 0.6 is 11.6 Å². The van der Waals surface area contributed by atoms with Crippen LogP contribution < -0.4 is 10.6 Å². The molecule has 1 aromatic heterocycles. The summed E-state index contributed by atoms with van der Waals surface area (Å²) < 4.78 is 5.11. The molecule has 1 aromatic rings. The predicted molar refractivity (Wildman–Crippen MR) is 59.6 cm³/mol. The maximum absolute atomic E-state index is 11.7. The fraction of sp³-hybridized carbons (Fsp3) is 0.444. The monoisotopic (exact) mass is 242 g/mol. The minimum atomic E-state index is -0.483. The minimum absolute atomic E-state index is 0.131. The topological polar surface area (TPSA) is 76.1 Å². The summed E-state index contributed by atoms with van der Waals surface area (Å²) in [6.07, 6.45) is 1.20. The molecule has 0 unspecified atom stereocenters. The summed E-state index contributed by atoms with van der Waals surface area (Å²) >= 11 is 5.67. The Labute approximate surface area is 97.4 Å². The zero-order chi connectivity index (χ0) is 11.7. The average Bonchev–Trinajstić information content (AvgIpc) is 2.28. The van der Waals surface area contributed by atoms with Crippen LogP contribution in [0.25, 0.3) is 0 Å². The highest BCUT2D eigenvalue weighted by molar-refractivity contribution is 6.28. The van der Waals surface area contributed by atoms with Crippen LogP contribution in [0.2, 0.25) is 5.28 Å². The number of fused-ring (bicyclic) bond motifs is 1. The number of aromatic nitrogens is 2. The first-order chi connectivity index (χ1) is 7.61. The molecule has 1 amide bonds. The molecule has 16 heavy (non-hydrogen) atoms. The number of nitrogens with zero attached hydrogens (tertiary/aromatic N) is 2. The number of hydrogen-bond donors (Lipinski definition) is 2. The summed E-state index contributed by atoms with van der Waals surface area (Å²) in [7, 11) is 1.54. The third-order valence-electron chi connectivity index (χ3n) is 2.43. The number of rotatable bonds is 2. The highest BCUT2D eigenvalue weighted by Gasteiger charge is 2.31. The van der Waals surface area contributed by atoms with Gasteiger partial charge in [-0.2, -0.15) is 4.98 Å². The van der Waals surface area contributed by atoms with Gasteiger partial charge in [-0.1, -0.05) is 0 Å². The van der Waals surface area contributed by atoms with Gasteiger partial charge in [0.1, 0.15) is 11.7 Å². The number of anilines is 2. The van der Waals surface area contributed by atoms with Crippen molar-refractivity contribution in [2.24, 2.45) is 0 Å². The molecule has 0 fully saturated rings. The van der Waals surface area contributed by atoms with Gasteiger partial charge in [-0.25, -0.2) is 4.98 Å². The van der Waals surface area contributed by atoms with Gasteiger partial charge in [0.25, 0.3) is 0 Å². The highest BCUT2D eigenvalue weighted by Crippen LogP contribution is 2.25. The molecular formula is C9H11ClN4O2. The van der Waals surface area contributed by atoms with Crippen LogP contribution in [-0.2, 0) is 9.53 Å². The molecule has 0 saturated heterocycles. The number of nitrogens with one attached hydrogen (secondary N) is 2. The van der Waals surface area contributed by atoms with Crippen molar-refractivity contribution in [3.05, 3.63) is 11.5 Å². The number of amides is 1. The van der Waals surface area contributed by atoms with Gasteiger partial charge in [0.15, 0.2) is 5.82 Å². The summed E-state index contributed by atoms with van der Waals surface area (Å²) in [5, 5.41) is 5.78. The van der Waals surface area contributed by atoms with Crippen molar-refractivity contribution < 1.29 is 9.53 Å². The summed E-state index contributed by atoms with van der Waals surface area (Å²) in [6.45, 7) is 1.80. The third-order valence-corrected chi connectivity index (χ3v) is 2.62. The number of carbonyl (C=O) groups is 1. The van der Waals surface area contributed by atoms with E-state index in [2.05, 4.69) is 20.6 Å². The molecule has 2 N–H and O–H groups in total. The summed E-state index contributed by atoms with van der Waals surface area (Å²) in [4.78, 5) is 19.5. The molecule has 86 valence electrons. The molecule has 1 aliphatic heterocycles. The van der Waals surface area contributed by atoms with E-state index in [1.54, 1.807) is 14.0 Å². The van der Waals surface area contributed by atoms with Crippen molar-refractivity contribution in [3.8, 4) is 0 Å². The molecule has 7 heteroatoms. The van der Waals surface area contributed by atoms with Crippen molar-refractivity contribution in [2.45, 2.75) is 19.1 Å². The standard InChI is InChI=1S/C9H11ClN4O2/c1-4(16-2)6-8(15)12-5-3-11-9(10)14-7(5)13-6/h3-4,6H,1-2H3,(H,12,15)(H,11,13,14)/t4-,6+/m1/s1. The maximum atomic E-state index is 11.7. The van der Waals surface area contributed by atoms with Crippen molar-refractivity contribution in [1.29, 1.82) is 0 Å².